The Hall–Kier alpha value is -4.27. The number of nitrogens with two attached hydrogens (primary N) is 1. The average Bonchev–Trinajstić information content (AvgIpc) is 3.32. The Labute approximate surface area is 272 Å². The number of hydrogen-bond acceptors (Lipinski definition) is 6. The van der Waals surface area contributed by atoms with E-state index in [9.17, 15) is 19.2 Å². The van der Waals surface area contributed by atoms with E-state index in [4.69, 9.17) is 10.5 Å². The highest BCUT2D eigenvalue weighted by molar-refractivity contribution is 6.76. The molecule has 244 valence electrons. The van der Waals surface area contributed by atoms with Crippen molar-refractivity contribution in [1.29, 1.82) is 0 Å². The quantitative estimate of drug-likeness (QED) is 0.117. The number of ether oxygens (including phenoxy) is 1. The molecule has 2 aromatic carbocycles. The maximum Gasteiger partial charge on any atom is 0.253 e. The van der Waals surface area contributed by atoms with Gasteiger partial charge in [0.2, 0.25) is 11.8 Å². The molecule has 3 aromatic rings. The molecule has 4 amide bonds. The Bertz CT molecular complexity index is 1680. The normalized spacial score (nSPS) is 15.2. The number of hydrogen-bond donors (Lipinski definition) is 2. The zero-order valence-corrected chi connectivity index (χ0v) is 28.6. The first-order chi connectivity index (χ1) is 21.9. The number of benzene rings is 2. The van der Waals surface area contributed by atoms with Crippen LogP contribution in [0.4, 0.5) is 0 Å². The maximum atomic E-state index is 13.2. The number of nitrogens with one attached hydrogen (secondary N) is 1. The van der Waals surface area contributed by atoms with Crippen LogP contribution >= 0.6 is 0 Å². The van der Waals surface area contributed by atoms with E-state index in [1.165, 1.54) is 0 Å². The predicted octanol–water partition coefficient (Wildman–Crippen LogP) is 4.92. The minimum Gasteiger partial charge on any atom is -0.366 e. The molecule has 1 aliphatic rings. The number of aryl methyl sites for hydroxylation is 2. The lowest BCUT2D eigenvalue weighted by molar-refractivity contribution is -0.156. The van der Waals surface area contributed by atoms with E-state index in [1.807, 2.05) is 30.7 Å². The van der Waals surface area contributed by atoms with Gasteiger partial charge in [0.25, 0.3) is 11.8 Å². The minimum atomic E-state index is -1.29. The number of carbonyl (C=O) groups is 4. The standard InChI is InChI=1S/C35H45N5O5Si/c1-24-26(12-9-7-6-8-10-19-40-31-22-27(33(36)42)15-16-29(31)25(2)38-40)13-11-14-28(24)34(43)37-30-17-18-32(41)39(35(30)44)23-45-20-21-46(3,4)5/h11,13-16,22,30H,6-8,10,17-21,23H2,1-5H3,(H2,36,42)(H,37,43). The van der Waals surface area contributed by atoms with Gasteiger partial charge in [-0.15, -0.1) is 0 Å². The zero-order chi connectivity index (χ0) is 33.4. The predicted molar refractivity (Wildman–Crippen MR) is 181 cm³/mol. The minimum absolute atomic E-state index is 0.0871. The number of piperidine rings is 1. The Morgan fingerprint density at radius 2 is 1.89 bits per heavy atom. The molecule has 1 aliphatic heterocycles. The maximum absolute atomic E-state index is 13.2. The summed E-state index contributed by atoms with van der Waals surface area (Å²) >= 11 is 0. The molecule has 46 heavy (non-hydrogen) atoms. The van der Waals surface area contributed by atoms with Crippen molar-refractivity contribution in [3.8, 4) is 11.8 Å². The summed E-state index contributed by atoms with van der Waals surface area (Å²) in [6.07, 6.45) is 3.94. The van der Waals surface area contributed by atoms with Gasteiger partial charge in [0.1, 0.15) is 12.8 Å². The van der Waals surface area contributed by atoms with Crippen LogP contribution in [0.2, 0.25) is 25.7 Å². The number of unbranched alkanes of at least 4 members (excludes halogenated alkanes) is 3. The van der Waals surface area contributed by atoms with Gasteiger partial charge in [-0.25, -0.2) is 0 Å². The van der Waals surface area contributed by atoms with E-state index in [-0.39, 0.29) is 31.4 Å². The van der Waals surface area contributed by atoms with Crippen LogP contribution in [0.5, 0.6) is 0 Å². The van der Waals surface area contributed by atoms with Gasteiger partial charge < -0.3 is 15.8 Å². The van der Waals surface area contributed by atoms with Gasteiger partial charge in [-0.3, -0.25) is 28.8 Å². The van der Waals surface area contributed by atoms with Crippen LogP contribution in [0.15, 0.2) is 36.4 Å². The first-order valence-corrected chi connectivity index (χ1v) is 19.6. The Morgan fingerprint density at radius 1 is 1.11 bits per heavy atom. The van der Waals surface area contributed by atoms with Gasteiger partial charge >= 0.3 is 0 Å². The van der Waals surface area contributed by atoms with E-state index < -0.39 is 25.9 Å². The summed E-state index contributed by atoms with van der Waals surface area (Å²) in [4.78, 5) is 51.4. The molecule has 1 atom stereocenters. The number of primary amides is 1. The fourth-order valence-corrected chi connectivity index (χ4v) is 6.12. The van der Waals surface area contributed by atoms with E-state index in [2.05, 4.69) is 41.9 Å². The molecule has 0 saturated carbocycles. The summed E-state index contributed by atoms with van der Waals surface area (Å²) in [5.74, 6) is 4.90. The number of nitrogens with zero attached hydrogens (tertiary/aromatic N) is 3. The SMILES string of the molecule is Cc1c(C#CCCCCCn2nc(C)c3ccc(C(N)=O)cc32)cccc1C(=O)NC1CCC(=O)N(COCC[Si](C)(C)C)C1=O. The van der Waals surface area contributed by atoms with Gasteiger partial charge in [0.15, 0.2) is 0 Å². The van der Waals surface area contributed by atoms with E-state index in [1.54, 1.807) is 24.3 Å². The molecule has 0 spiro atoms. The first-order valence-electron chi connectivity index (χ1n) is 15.9. The van der Waals surface area contributed by atoms with Crippen LogP contribution in [0, 0.1) is 25.7 Å². The third-order valence-corrected chi connectivity index (χ3v) is 9.93. The van der Waals surface area contributed by atoms with Crippen molar-refractivity contribution in [3.05, 3.63) is 64.3 Å². The number of carbonyl (C=O) groups excluding carboxylic acids is 4. The average molecular weight is 644 g/mol. The molecular weight excluding hydrogens is 599 g/mol. The fourth-order valence-electron chi connectivity index (χ4n) is 5.37. The second kappa shape index (κ2) is 15.3. The summed E-state index contributed by atoms with van der Waals surface area (Å²) in [5.41, 5.74) is 9.72. The zero-order valence-electron chi connectivity index (χ0n) is 27.6. The monoisotopic (exact) mass is 643 g/mol. The molecule has 10 nitrogen and oxygen atoms in total. The van der Waals surface area contributed by atoms with Crippen molar-refractivity contribution >= 4 is 42.6 Å². The van der Waals surface area contributed by atoms with Gasteiger partial charge in [-0.05, 0) is 69.0 Å². The van der Waals surface area contributed by atoms with Crippen LogP contribution in [-0.4, -0.2) is 65.8 Å². The molecule has 11 heteroatoms. The lowest BCUT2D eigenvalue weighted by Gasteiger charge is -2.31. The van der Waals surface area contributed by atoms with Crippen LogP contribution in [-0.2, 0) is 20.9 Å². The number of amides is 4. The largest absolute Gasteiger partial charge is 0.366 e. The van der Waals surface area contributed by atoms with Gasteiger partial charge in [-0.2, -0.15) is 5.10 Å². The first kappa shape index (κ1) is 34.6. The highest BCUT2D eigenvalue weighted by Gasteiger charge is 2.35. The van der Waals surface area contributed by atoms with Crippen molar-refractivity contribution in [2.45, 2.75) is 90.6 Å². The third-order valence-electron chi connectivity index (χ3n) is 8.23. The van der Waals surface area contributed by atoms with Crippen LogP contribution in [0.1, 0.15) is 76.1 Å². The number of fused-ring (bicyclic) bond motifs is 1. The highest BCUT2D eigenvalue weighted by Crippen LogP contribution is 2.21. The molecule has 1 fully saturated rings. The molecule has 3 N–H and O–H groups in total. The Kier molecular flexibility index (Phi) is 11.5. The Balaban J connectivity index is 1.27. The van der Waals surface area contributed by atoms with Crippen molar-refractivity contribution in [3.63, 3.8) is 0 Å². The molecule has 1 aromatic heterocycles. The van der Waals surface area contributed by atoms with E-state index in [0.29, 0.717) is 24.2 Å². The third kappa shape index (κ3) is 8.92. The van der Waals surface area contributed by atoms with Crippen molar-refractivity contribution in [2.24, 2.45) is 5.73 Å². The summed E-state index contributed by atoms with van der Waals surface area (Å²) in [6, 6.07) is 11.0. The molecule has 4 rings (SSSR count). The van der Waals surface area contributed by atoms with E-state index in [0.717, 1.165) is 64.5 Å². The van der Waals surface area contributed by atoms with Crippen LogP contribution in [0.25, 0.3) is 10.9 Å². The molecule has 1 unspecified atom stereocenters. The highest BCUT2D eigenvalue weighted by atomic mass is 28.3. The second-order valence-corrected chi connectivity index (χ2v) is 18.7. The van der Waals surface area contributed by atoms with Gasteiger partial charge in [0, 0.05) is 56.1 Å². The molecule has 2 heterocycles. The van der Waals surface area contributed by atoms with Crippen molar-refractivity contribution in [2.75, 3.05) is 13.3 Å². The molecule has 1 saturated heterocycles. The van der Waals surface area contributed by atoms with Gasteiger partial charge in [0.05, 0.1) is 11.2 Å². The topological polar surface area (TPSA) is 137 Å². The number of imide groups is 1. The molecule has 0 aliphatic carbocycles. The summed E-state index contributed by atoms with van der Waals surface area (Å²) in [6.45, 7) is 11.7. The van der Waals surface area contributed by atoms with Gasteiger partial charge in [-0.1, -0.05) is 50.0 Å². The second-order valence-electron chi connectivity index (χ2n) is 13.1. The lowest BCUT2D eigenvalue weighted by atomic mass is 10.00. The molecule has 0 bridgehead atoms. The summed E-state index contributed by atoms with van der Waals surface area (Å²) < 4.78 is 7.58. The van der Waals surface area contributed by atoms with Crippen LogP contribution in [0.3, 0.4) is 0 Å². The number of rotatable bonds is 13. The van der Waals surface area contributed by atoms with Crippen LogP contribution < -0.4 is 11.1 Å². The van der Waals surface area contributed by atoms with Crippen molar-refractivity contribution in [1.82, 2.24) is 20.0 Å². The smallest absolute Gasteiger partial charge is 0.253 e. The number of likely N-dealkylation sites (tertiary alicyclic amines) is 1. The summed E-state index contributed by atoms with van der Waals surface area (Å²) in [5, 5.41) is 8.48. The van der Waals surface area contributed by atoms with Crippen molar-refractivity contribution < 1.29 is 23.9 Å². The van der Waals surface area contributed by atoms with E-state index >= 15 is 0 Å². The summed E-state index contributed by atoms with van der Waals surface area (Å²) in [7, 11) is -1.29. The fraction of sp³-hybridized carbons (Fsp3) is 0.457. The molecule has 0 radical (unpaired) electrons. The lowest BCUT2D eigenvalue weighted by Crippen LogP contribution is -2.55. The Morgan fingerprint density at radius 3 is 2.63 bits per heavy atom. The molecular formula is C35H45N5O5Si. The number of aromatic nitrogens is 2.